The van der Waals surface area contributed by atoms with Gasteiger partial charge in [-0.15, -0.1) is 0 Å². The van der Waals surface area contributed by atoms with Crippen molar-refractivity contribution in [2.75, 3.05) is 13.7 Å². The second kappa shape index (κ2) is 4.91. The Balaban J connectivity index is 2.17. The van der Waals surface area contributed by atoms with Crippen LogP contribution in [0.5, 0.6) is 5.75 Å². The summed E-state index contributed by atoms with van der Waals surface area (Å²) in [4.78, 5) is 0. The van der Waals surface area contributed by atoms with Gasteiger partial charge in [-0.3, -0.25) is 0 Å². The first-order chi connectivity index (χ1) is 9.35. The fourth-order valence-corrected chi connectivity index (χ4v) is 2.75. The van der Waals surface area contributed by atoms with E-state index in [0.29, 0.717) is 6.61 Å². The summed E-state index contributed by atoms with van der Waals surface area (Å²) in [6.45, 7) is 0.656. The Kier molecular flexibility index (Phi) is 3.10. The zero-order chi connectivity index (χ0) is 13.2. The Bertz CT molecular complexity index is 645. The van der Waals surface area contributed by atoms with Gasteiger partial charge in [0.05, 0.1) is 25.2 Å². The molecule has 96 valence electrons. The van der Waals surface area contributed by atoms with E-state index >= 15 is 0 Å². The number of hydrogen-bond acceptors (Lipinski definition) is 3. The SMILES string of the molecule is COc1ccc(C2OCCC2C#N)c2ccccc12. The third-order valence-electron chi connectivity index (χ3n) is 3.70. The lowest BCUT2D eigenvalue weighted by Gasteiger charge is -2.17. The van der Waals surface area contributed by atoms with Crippen molar-refractivity contribution in [2.24, 2.45) is 5.92 Å². The fourth-order valence-electron chi connectivity index (χ4n) is 2.75. The number of nitrogens with zero attached hydrogens (tertiary/aromatic N) is 1. The lowest BCUT2D eigenvalue weighted by molar-refractivity contribution is 0.102. The maximum atomic E-state index is 9.22. The van der Waals surface area contributed by atoms with Crippen molar-refractivity contribution in [3.05, 3.63) is 42.0 Å². The van der Waals surface area contributed by atoms with Crippen LogP contribution in [0.15, 0.2) is 36.4 Å². The third kappa shape index (κ3) is 1.94. The fraction of sp³-hybridized carbons (Fsp3) is 0.312. The lowest BCUT2D eigenvalue weighted by atomic mass is 9.92. The van der Waals surface area contributed by atoms with Gasteiger partial charge >= 0.3 is 0 Å². The number of benzene rings is 2. The molecule has 0 aromatic heterocycles. The first-order valence-corrected chi connectivity index (χ1v) is 6.42. The first kappa shape index (κ1) is 12.0. The molecule has 1 heterocycles. The molecule has 3 nitrogen and oxygen atoms in total. The normalized spacial score (nSPS) is 22.3. The molecule has 1 saturated heterocycles. The first-order valence-electron chi connectivity index (χ1n) is 6.42. The molecule has 0 N–H and O–H groups in total. The van der Waals surface area contributed by atoms with E-state index in [1.54, 1.807) is 7.11 Å². The van der Waals surface area contributed by atoms with Crippen LogP contribution >= 0.6 is 0 Å². The molecule has 3 rings (SSSR count). The Morgan fingerprint density at radius 1 is 1.21 bits per heavy atom. The van der Waals surface area contributed by atoms with Crippen LogP contribution in [0, 0.1) is 17.2 Å². The van der Waals surface area contributed by atoms with Gasteiger partial charge in [0.25, 0.3) is 0 Å². The predicted octanol–water partition coefficient (Wildman–Crippen LogP) is 3.45. The quantitative estimate of drug-likeness (QED) is 0.823. The Hall–Kier alpha value is -2.05. The Morgan fingerprint density at radius 3 is 2.74 bits per heavy atom. The maximum Gasteiger partial charge on any atom is 0.126 e. The molecule has 0 aliphatic carbocycles. The summed E-state index contributed by atoms with van der Waals surface area (Å²) in [5.74, 6) is 0.794. The standard InChI is InChI=1S/C16H15NO2/c1-18-15-7-6-14(12-4-2-3-5-13(12)15)16-11(10-17)8-9-19-16/h2-7,11,16H,8-9H2,1H3. The molecule has 2 aromatic carbocycles. The Labute approximate surface area is 112 Å². The molecule has 0 amide bonds. The van der Waals surface area contributed by atoms with Gasteiger partial charge in [-0.05, 0) is 23.4 Å². The van der Waals surface area contributed by atoms with E-state index < -0.39 is 0 Å². The second-order valence-electron chi connectivity index (χ2n) is 4.72. The summed E-state index contributed by atoms with van der Waals surface area (Å²) in [6.07, 6.45) is 0.683. The molecule has 2 aromatic rings. The molecule has 1 fully saturated rings. The van der Waals surface area contributed by atoms with Crippen LogP contribution in [0.25, 0.3) is 10.8 Å². The van der Waals surface area contributed by atoms with E-state index in [0.717, 1.165) is 28.5 Å². The summed E-state index contributed by atoms with van der Waals surface area (Å²) in [7, 11) is 1.67. The topological polar surface area (TPSA) is 42.2 Å². The zero-order valence-electron chi connectivity index (χ0n) is 10.8. The van der Waals surface area contributed by atoms with Gasteiger partial charge < -0.3 is 9.47 Å². The van der Waals surface area contributed by atoms with E-state index in [2.05, 4.69) is 12.1 Å². The Morgan fingerprint density at radius 2 is 2.00 bits per heavy atom. The van der Waals surface area contributed by atoms with E-state index in [9.17, 15) is 5.26 Å². The monoisotopic (exact) mass is 253 g/mol. The second-order valence-corrected chi connectivity index (χ2v) is 4.72. The molecular weight excluding hydrogens is 238 g/mol. The molecule has 3 heteroatoms. The van der Waals surface area contributed by atoms with Gasteiger partial charge in [0.1, 0.15) is 5.75 Å². The molecule has 0 spiro atoms. The van der Waals surface area contributed by atoms with Gasteiger partial charge in [-0.25, -0.2) is 0 Å². The molecule has 1 aliphatic rings. The summed E-state index contributed by atoms with van der Waals surface area (Å²) >= 11 is 0. The minimum atomic E-state index is -0.124. The predicted molar refractivity (Wildman–Crippen MR) is 72.9 cm³/mol. The zero-order valence-corrected chi connectivity index (χ0v) is 10.8. The molecule has 2 unspecified atom stereocenters. The number of fused-ring (bicyclic) bond motifs is 1. The average molecular weight is 253 g/mol. The van der Waals surface area contributed by atoms with E-state index in [4.69, 9.17) is 9.47 Å². The van der Waals surface area contributed by atoms with Gasteiger partial charge in [0, 0.05) is 12.0 Å². The van der Waals surface area contributed by atoms with E-state index in [-0.39, 0.29) is 12.0 Å². The number of ether oxygens (including phenoxy) is 2. The summed E-state index contributed by atoms with van der Waals surface area (Å²) < 4.78 is 11.2. The van der Waals surface area contributed by atoms with Gasteiger partial charge in [-0.1, -0.05) is 30.3 Å². The minimum Gasteiger partial charge on any atom is -0.496 e. The van der Waals surface area contributed by atoms with Crippen LogP contribution in [0.4, 0.5) is 0 Å². The van der Waals surface area contributed by atoms with Crippen LogP contribution < -0.4 is 4.74 Å². The molecular formula is C16H15NO2. The highest BCUT2D eigenvalue weighted by atomic mass is 16.5. The minimum absolute atomic E-state index is 0.0585. The molecule has 1 aliphatic heterocycles. The van der Waals surface area contributed by atoms with Crippen molar-refractivity contribution in [2.45, 2.75) is 12.5 Å². The van der Waals surface area contributed by atoms with Crippen LogP contribution in [0.3, 0.4) is 0 Å². The van der Waals surface area contributed by atoms with Gasteiger partial charge in [0.2, 0.25) is 0 Å². The average Bonchev–Trinajstić information content (AvgIpc) is 2.94. The lowest BCUT2D eigenvalue weighted by Crippen LogP contribution is -2.06. The highest BCUT2D eigenvalue weighted by Gasteiger charge is 2.30. The third-order valence-corrected chi connectivity index (χ3v) is 3.70. The van der Waals surface area contributed by atoms with Crippen LogP contribution in [-0.4, -0.2) is 13.7 Å². The van der Waals surface area contributed by atoms with Crippen molar-refractivity contribution in [3.63, 3.8) is 0 Å². The maximum absolute atomic E-state index is 9.22. The van der Waals surface area contributed by atoms with Crippen molar-refractivity contribution in [1.29, 1.82) is 5.26 Å². The van der Waals surface area contributed by atoms with E-state index in [1.807, 2.05) is 30.3 Å². The smallest absolute Gasteiger partial charge is 0.126 e. The number of methoxy groups -OCH3 is 1. The largest absolute Gasteiger partial charge is 0.496 e. The summed E-state index contributed by atoms with van der Waals surface area (Å²) in [5, 5.41) is 11.4. The molecule has 19 heavy (non-hydrogen) atoms. The van der Waals surface area contributed by atoms with Gasteiger partial charge in [0.15, 0.2) is 0 Å². The number of hydrogen-bond donors (Lipinski definition) is 0. The van der Waals surface area contributed by atoms with E-state index in [1.165, 1.54) is 0 Å². The molecule has 0 radical (unpaired) electrons. The summed E-state index contributed by atoms with van der Waals surface area (Å²) in [5.41, 5.74) is 1.08. The van der Waals surface area contributed by atoms with Crippen molar-refractivity contribution in [1.82, 2.24) is 0 Å². The number of rotatable bonds is 2. The van der Waals surface area contributed by atoms with Crippen LogP contribution in [0.2, 0.25) is 0 Å². The van der Waals surface area contributed by atoms with Crippen LogP contribution in [-0.2, 0) is 4.74 Å². The van der Waals surface area contributed by atoms with Crippen LogP contribution in [0.1, 0.15) is 18.1 Å². The highest BCUT2D eigenvalue weighted by Crippen LogP contribution is 2.39. The highest BCUT2D eigenvalue weighted by molar-refractivity contribution is 5.91. The van der Waals surface area contributed by atoms with Crippen molar-refractivity contribution in [3.8, 4) is 11.8 Å². The molecule has 2 atom stereocenters. The molecule has 0 saturated carbocycles. The van der Waals surface area contributed by atoms with Gasteiger partial charge in [-0.2, -0.15) is 5.26 Å². The van der Waals surface area contributed by atoms with Crippen molar-refractivity contribution < 1.29 is 9.47 Å². The summed E-state index contributed by atoms with van der Waals surface area (Å²) in [6, 6.07) is 14.4. The molecule has 0 bridgehead atoms. The van der Waals surface area contributed by atoms with Crippen molar-refractivity contribution >= 4 is 10.8 Å². The number of nitriles is 1.